The van der Waals surface area contributed by atoms with Gasteiger partial charge >= 0.3 is 5.97 Å². The van der Waals surface area contributed by atoms with Crippen LogP contribution >= 0.6 is 12.4 Å². The van der Waals surface area contributed by atoms with E-state index in [9.17, 15) is 14.0 Å². The molecule has 0 radical (unpaired) electrons. The van der Waals surface area contributed by atoms with E-state index in [2.05, 4.69) is 0 Å². The number of aliphatic carboxylic acids is 1. The highest BCUT2D eigenvalue weighted by molar-refractivity contribution is 5.88. The summed E-state index contributed by atoms with van der Waals surface area (Å²) >= 11 is 0. The van der Waals surface area contributed by atoms with Gasteiger partial charge in [0, 0.05) is 13.0 Å². The Morgan fingerprint density at radius 2 is 2.13 bits per heavy atom. The molecule has 1 fully saturated rings. The van der Waals surface area contributed by atoms with Crippen LogP contribution in [0.4, 0.5) is 4.39 Å². The minimum atomic E-state index is -2.56. The molecule has 1 heterocycles. The van der Waals surface area contributed by atoms with Gasteiger partial charge < -0.3 is 10.8 Å². The van der Waals surface area contributed by atoms with Crippen LogP contribution in [0.3, 0.4) is 0 Å². The second-order valence-electron chi connectivity index (χ2n) is 3.45. The van der Waals surface area contributed by atoms with E-state index >= 15 is 0 Å². The zero-order valence-electron chi connectivity index (χ0n) is 8.27. The van der Waals surface area contributed by atoms with Gasteiger partial charge in [0.1, 0.15) is 0 Å². The molecule has 1 rings (SSSR count). The Morgan fingerprint density at radius 3 is 2.53 bits per heavy atom. The molecule has 7 heteroatoms. The molecule has 88 valence electrons. The van der Waals surface area contributed by atoms with E-state index in [1.807, 2.05) is 0 Å². The van der Waals surface area contributed by atoms with Gasteiger partial charge in [0.05, 0.1) is 6.04 Å². The van der Waals surface area contributed by atoms with Crippen molar-refractivity contribution in [1.82, 2.24) is 4.90 Å². The van der Waals surface area contributed by atoms with Crippen molar-refractivity contribution in [3.05, 3.63) is 0 Å². The maximum absolute atomic E-state index is 13.8. The molecule has 0 aromatic heterocycles. The Labute approximate surface area is 92.8 Å². The number of carbonyl (C=O) groups is 2. The van der Waals surface area contributed by atoms with Crippen molar-refractivity contribution in [3.63, 3.8) is 0 Å². The second-order valence-corrected chi connectivity index (χ2v) is 3.45. The molecule has 0 unspecified atom stereocenters. The molecule has 1 saturated heterocycles. The fourth-order valence-corrected chi connectivity index (χ4v) is 1.54. The summed E-state index contributed by atoms with van der Waals surface area (Å²) in [5.74, 6) is -4.85. The summed E-state index contributed by atoms with van der Waals surface area (Å²) in [6, 6.07) is -0.873. The van der Waals surface area contributed by atoms with E-state index in [4.69, 9.17) is 10.8 Å². The van der Waals surface area contributed by atoms with Gasteiger partial charge in [0.15, 0.2) is 0 Å². The molecule has 0 saturated carbocycles. The van der Waals surface area contributed by atoms with Gasteiger partial charge in [0.25, 0.3) is 5.79 Å². The Morgan fingerprint density at radius 1 is 1.60 bits per heavy atom. The number of halogens is 2. The van der Waals surface area contributed by atoms with Crippen LogP contribution < -0.4 is 5.73 Å². The molecule has 0 aliphatic carbocycles. The summed E-state index contributed by atoms with van der Waals surface area (Å²) in [5, 5.41) is 8.66. The quantitative estimate of drug-likeness (QED) is 0.672. The van der Waals surface area contributed by atoms with Crippen molar-refractivity contribution >= 4 is 24.3 Å². The number of alkyl halides is 1. The van der Waals surface area contributed by atoms with Gasteiger partial charge in [-0.25, -0.2) is 9.18 Å². The van der Waals surface area contributed by atoms with Gasteiger partial charge in [-0.15, -0.1) is 12.4 Å². The number of rotatable bonds is 2. The van der Waals surface area contributed by atoms with Crippen LogP contribution in [0, 0.1) is 0 Å². The highest BCUT2D eigenvalue weighted by Gasteiger charge is 2.51. The fourth-order valence-electron chi connectivity index (χ4n) is 1.54. The number of hydrogen-bond donors (Lipinski definition) is 2. The number of likely N-dealkylation sites (tertiary alicyclic amines) is 1. The molecule has 0 aromatic carbocycles. The highest BCUT2D eigenvalue weighted by Crippen LogP contribution is 2.31. The molecule has 1 amide bonds. The van der Waals surface area contributed by atoms with E-state index in [0.717, 1.165) is 0 Å². The first kappa shape index (κ1) is 14.1. The summed E-state index contributed by atoms with van der Waals surface area (Å²) in [4.78, 5) is 22.7. The molecule has 15 heavy (non-hydrogen) atoms. The van der Waals surface area contributed by atoms with Gasteiger partial charge in [0.2, 0.25) is 5.91 Å². The van der Waals surface area contributed by atoms with Crippen LogP contribution in [0.1, 0.15) is 19.8 Å². The van der Waals surface area contributed by atoms with Crippen LogP contribution in [-0.4, -0.2) is 40.3 Å². The van der Waals surface area contributed by atoms with Crippen molar-refractivity contribution in [2.45, 2.75) is 31.6 Å². The normalized spacial score (nSPS) is 27.0. The number of carboxylic acid groups (broad SMARTS) is 1. The number of nitrogens with two attached hydrogens (primary N) is 1. The standard InChI is InChI=1S/C8H13FN2O3.ClH/c1-5(10)6(12)11-4-2-3-8(11,9)7(13)14;/h5H,2-4,10H2,1H3,(H,13,14);1H/t5-,8-;/m0./s1. The first-order valence-corrected chi connectivity index (χ1v) is 4.39. The average molecular weight is 241 g/mol. The topological polar surface area (TPSA) is 83.6 Å². The number of hydrogen-bond acceptors (Lipinski definition) is 3. The Hall–Kier alpha value is -0.880. The predicted molar refractivity (Wildman–Crippen MR) is 53.3 cm³/mol. The third-order valence-corrected chi connectivity index (χ3v) is 2.30. The Balaban J connectivity index is 0.00000196. The van der Waals surface area contributed by atoms with Crippen LogP contribution in [-0.2, 0) is 9.59 Å². The lowest BCUT2D eigenvalue weighted by Crippen LogP contribution is -2.53. The molecule has 3 N–H and O–H groups in total. The molecule has 1 aliphatic heterocycles. The van der Waals surface area contributed by atoms with Crippen molar-refractivity contribution in [2.24, 2.45) is 5.73 Å². The average Bonchev–Trinajstić information content (AvgIpc) is 2.47. The summed E-state index contributed by atoms with van der Waals surface area (Å²) in [7, 11) is 0. The zero-order valence-corrected chi connectivity index (χ0v) is 9.09. The van der Waals surface area contributed by atoms with Gasteiger partial charge in [-0.2, -0.15) is 0 Å². The van der Waals surface area contributed by atoms with E-state index in [0.29, 0.717) is 11.3 Å². The zero-order chi connectivity index (χ0) is 10.9. The summed E-state index contributed by atoms with van der Waals surface area (Å²) in [6.07, 6.45) is 0.183. The monoisotopic (exact) mass is 240 g/mol. The molecule has 5 nitrogen and oxygen atoms in total. The van der Waals surface area contributed by atoms with Crippen molar-refractivity contribution < 1.29 is 19.1 Å². The molecule has 0 spiro atoms. The van der Waals surface area contributed by atoms with Gasteiger partial charge in [-0.3, -0.25) is 9.69 Å². The first-order valence-electron chi connectivity index (χ1n) is 4.39. The van der Waals surface area contributed by atoms with Crippen molar-refractivity contribution in [2.75, 3.05) is 6.54 Å². The molecule has 1 aliphatic rings. The Kier molecular flexibility index (Phi) is 4.48. The molecule has 0 bridgehead atoms. The number of amides is 1. The highest BCUT2D eigenvalue weighted by atomic mass is 35.5. The van der Waals surface area contributed by atoms with Gasteiger partial charge in [-0.1, -0.05) is 0 Å². The molecule has 2 atom stereocenters. The van der Waals surface area contributed by atoms with Crippen LogP contribution in [0.15, 0.2) is 0 Å². The lowest BCUT2D eigenvalue weighted by Gasteiger charge is -2.28. The predicted octanol–water partition coefficient (Wildman–Crippen LogP) is 0.128. The van der Waals surface area contributed by atoms with E-state index in [1.54, 1.807) is 0 Å². The smallest absolute Gasteiger partial charge is 0.362 e. The minimum absolute atomic E-state index is 0. The third-order valence-electron chi connectivity index (χ3n) is 2.30. The minimum Gasteiger partial charge on any atom is -0.477 e. The van der Waals surface area contributed by atoms with E-state index < -0.39 is 23.7 Å². The Bertz CT molecular complexity index is 275. The van der Waals surface area contributed by atoms with Crippen LogP contribution in [0.2, 0.25) is 0 Å². The SMILES string of the molecule is C[C@H](N)C(=O)N1CCC[C@@]1(F)C(=O)O.Cl. The number of carboxylic acids is 1. The number of nitrogens with zero attached hydrogens (tertiary/aromatic N) is 1. The maximum Gasteiger partial charge on any atom is 0.362 e. The lowest BCUT2D eigenvalue weighted by atomic mass is 10.1. The summed E-state index contributed by atoms with van der Waals surface area (Å²) in [6.45, 7) is 1.52. The van der Waals surface area contributed by atoms with E-state index in [-0.39, 0.29) is 25.4 Å². The lowest BCUT2D eigenvalue weighted by molar-refractivity contribution is -0.169. The number of carbonyl (C=O) groups excluding carboxylic acids is 1. The summed E-state index contributed by atoms with van der Waals surface area (Å²) < 4.78 is 13.8. The van der Waals surface area contributed by atoms with Crippen LogP contribution in [0.5, 0.6) is 0 Å². The largest absolute Gasteiger partial charge is 0.477 e. The van der Waals surface area contributed by atoms with E-state index in [1.165, 1.54) is 6.92 Å². The maximum atomic E-state index is 13.8. The van der Waals surface area contributed by atoms with Gasteiger partial charge in [-0.05, 0) is 13.3 Å². The third kappa shape index (κ3) is 2.38. The van der Waals surface area contributed by atoms with Crippen LogP contribution in [0.25, 0.3) is 0 Å². The van der Waals surface area contributed by atoms with Crippen molar-refractivity contribution in [1.29, 1.82) is 0 Å². The van der Waals surface area contributed by atoms with Crippen molar-refractivity contribution in [3.8, 4) is 0 Å². The second kappa shape index (κ2) is 4.76. The fraction of sp³-hybridized carbons (Fsp3) is 0.750. The first-order chi connectivity index (χ1) is 6.39. The summed E-state index contributed by atoms with van der Waals surface area (Å²) in [5.41, 5.74) is 5.29. The molecular weight excluding hydrogens is 227 g/mol. The molecule has 0 aromatic rings. The molecular formula is C8H14ClFN2O3.